The monoisotopic (exact) mass is 311 g/mol. The number of carbonyl (C=O) groups excluding carboxylic acids is 1. The van der Waals surface area contributed by atoms with E-state index in [9.17, 15) is 4.79 Å². The zero-order valence-electron chi connectivity index (χ0n) is 12.6. The van der Waals surface area contributed by atoms with Crippen LogP contribution in [-0.2, 0) is 9.53 Å². The molecule has 0 spiro atoms. The maximum atomic E-state index is 12.1. The summed E-state index contributed by atoms with van der Waals surface area (Å²) in [5.74, 6) is 2.04. The van der Waals surface area contributed by atoms with Crippen LogP contribution in [0.15, 0.2) is 18.2 Å². The van der Waals surface area contributed by atoms with E-state index in [-0.39, 0.29) is 11.3 Å². The number of amides is 1. The summed E-state index contributed by atoms with van der Waals surface area (Å²) < 4.78 is 15.9. The Morgan fingerprint density at radius 1 is 1.29 bits per heavy atom. The van der Waals surface area contributed by atoms with E-state index in [0.717, 1.165) is 12.0 Å². The van der Waals surface area contributed by atoms with E-state index in [1.54, 1.807) is 33.1 Å². The van der Waals surface area contributed by atoms with Gasteiger partial charge in [-0.05, 0) is 12.5 Å². The van der Waals surface area contributed by atoms with Gasteiger partial charge in [0, 0.05) is 25.8 Å². The van der Waals surface area contributed by atoms with E-state index in [1.165, 1.54) is 0 Å². The van der Waals surface area contributed by atoms with E-state index in [0.29, 0.717) is 30.4 Å². The summed E-state index contributed by atoms with van der Waals surface area (Å²) >= 11 is 1.62. The molecule has 1 aliphatic rings. The van der Waals surface area contributed by atoms with Crippen LogP contribution in [0.5, 0.6) is 11.5 Å². The van der Waals surface area contributed by atoms with Crippen LogP contribution in [0, 0.1) is 0 Å². The van der Waals surface area contributed by atoms with Crippen molar-refractivity contribution in [2.45, 2.75) is 11.8 Å². The lowest BCUT2D eigenvalue weighted by Gasteiger charge is -2.26. The molecule has 1 heterocycles. The van der Waals surface area contributed by atoms with Crippen LogP contribution in [0.4, 0.5) is 0 Å². The summed E-state index contributed by atoms with van der Waals surface area (Å²) in [5.41, 5.74) is 0.977. The standard InChI is InChI=1S/C15H21NO4S/c1-18-9-5-8-16-13(17)10-21-15(16)11-6-4-7-12(19-2)14(11)20-3/h4,6-7,15H,5,8-10H2,1-3H3. The van der Waals surface area contributed by atoms with Gasteiger partial charge < -0.3 is 19.1 Å². The molecule has 1 saturated heterocycles. The molecular weight excluding hydrogens is 290 g/mol. The predicted octanol–water partition coefficient (Wildman–Crippen LogP) is 2.31. The van der Waals surface area contributed by atoms with Gasteiger partial charge in [-0.3, -0.25) is 4.79 Å². The van der Waals surface area contributed by atoms with E-state index in [1.807, 2.05) is 23.1 Å². The van der Waals surface area contributed by atoms with Crippen molar-refractivity contribution in [1.29, 1.82) is 0 Å². The van der Waals surface area contributed by atoms with Crippen LogP contribution in [-0.4, -0.2) is 51.0 Å². The van der Waals surface area contributed by atoms with Crippen molar-refractivity contribution in [2.24, 2.45) is 0 Å². The van der Waals surface area contributed by atoms with E-state index >= 15 is 0 Å². The Morgan fingerprint density at radius 3 is 2.76 bits per heavy atom. The molecule has 1 fully saturated rings. The fourth-order valence-electron chi connectivity index (χ4n) is 2.44. The van der Waals surface area contributed by atoms with Gasteiger partial charge >= 0.3 is 0 Å². The summed E-state index contributed by atoms with van der Waals surface area (Å²) in [5, 5.41) is -0.0283. The van der Waals surface area contributed by atoms with Gasteiger partial charge in [-0.15, -0.1) is 11.8 Å². The lowest BCUT2D eigenvalue weighted by Crippen LogP contribution is -2.30. The molecule has 0 radical (unpaired) electrons. The summed E-state index contributed by atoms with van der Waals surface area (Å²) in [4.78, 5) is 14.0. The molecule has 6 heteroatoms. The normalized spacial score (nSPS) is 18.1. The predicted molar refractivity (Wildman–Crippen MR) is 83.0 cm³/mol. The third-order valence-electron chi connectivity index (χ3n) is 3.42. The highest BCUT2D eigenvalue weighted by molar-refractivity contribution is 8.00. The van der Waals surface area contributed by atoms with Gasteiger partial charge in [-0.1, -0.05) is 12.1 Å². The van der Waals surface area contributed by atoms with Gasteiger partial charge in [-0.2, -0.15) is 0 Å². The van der Waals surface area contributed by atoms with Crippen molar-refractivity contribution < 1.29 is 19.0 Å². The summed E-state index contributed by atoms with van der Waals surface area (Å²) in [6.07, 6.45) is 0.825. The molecular formula is C15H21NO4S. The maximum Gasteiger partial charge on any atom is 0.233 e. The zero-order chi connectivity index (χ0) is 15.2. The second kappa shape index (κ2) is 7.56. The first kappa shape index (κ1) is 16.0. The number of methoxy groups -OCH3 is 3. The Bertz CT molecular complexity index is 495. The molecule has 116 valence electrons. The maximum absolute atomic E-state index is 12.1. The molecule has 1 unspecified atom stereocenters. The van der Waals surface area contributed by atoms with E-state index < -0.39 is 0 Å². The molecule has 0 N–H and O–H groups in total. The van der Waals surface area contributed by atoms with Crippen LogP contribution in [0.1, 0.15) is 17.4 Å². The second-order valence-electron chi connectivity index (χ2n) is 4.68. The van der Waals surface area contributed by atoms with Gasteiger partial charge in [0.2, 0.25) is 5.91 Å². The molecule has 1 aromatic rings. The van der Waals surface area contributed by atoms with Gasteiger partial charge in [0.1, 0.15) is 5.37 Å². The van der Waals surface area contributed by atoms with Gasteiger partial charge in [0.05, 0.1) is 20.0 Å². The lowest BCUT2D eigenvalue weighted by atomic mass is 10.1. The summed E-state index contributed by atoms with van der Waals surface area (Å²) in [6, 6.07) is 5.77. The molecule has 1 amide bonds. The Labute approximate surface area is 129 Å². The van der Waals surface area contributed by atoms with Gasteiger partial charge in [0.25, 0.3) is 0 Å². The minimum Gasteiger partial charge on any atom is -0.493 e. The topological polar surface area (TPSA) is 48.0 Å². The summed E-state index contributed by atoms with van der Waals surface area (Å²) in [6.45, 7) is 1.33. The fraction of sp³-hybridized carbons (Fsp3) is 0.533. The molecule has 2 rings (SSSR count). The average Bonchev–Trinajstić information content (AvgIpc) is 2.87. The smallest absolute Gasteiger partial charge is 0.233 e. The number of benzene rings is 1. The Balaban J connectivity index is 2.25. The molecule has 0 bridgehead atoms. The molecule has 1 aromatic carbocycles. The highest BCUT2D eigenvalue weighted by Gasteiger charge is 2.34. The van der Waals surface area contributed by atoms with E-state index in [4.69, 9.17) is 14.2 Å². The number of para-hydroxylation sites is 1. The third kappa shape index (κ3) is 3.44. The van der Waals surface area contributed by atoms with Crippen molar-refractivity contribution in [3.8, 4) is 11.5 Å². The molecule has 0 aromatic heterocycles. The van der Waals surface area contributed by atoms with Crippen molar-refractivity contribution in [3.63, 3.8) is 0 Å². The number of carbonyl (C=O) groups is 1. The number of rotatable bonds is 7. The number of ether oxygens (including phenoxy) is 3. The van der Waals surface area contributed by atoms with Crippen molar-refractivity contribution in [1.82, 2.24) is 4.90 Å². The molecule has 0 saturated carbocycles. The lowest BCUT2D eigenvalue weighted by molar-refractivity contribution is -0.128. The number of nitrogens with zero attached hydrogens (tertiary/aromatic N) is 1. The Hall–Kier alpha value is -1.40. The number of thioether (sulfide) groups is 1. The zero-order valence-corrected chi connectivity index (χ0v) is 13.4. The molecule has 5 nitrogen and oxygen atoms in total. The summed E-state index contributed by atoms with van der Waals surface area (Å²) in [7, 11) is 4.91. The molecule has 0 aliphatic carbocycles. The fourth-order valence-corrected chi connectivity index (χ4v) is 3.67. The molecule has 1 atom stereocenters. The number of hydrogen-bond acceptors (Lipinski definition) is 5. The van der Waals surface area contributed by atoms with Crippen LogP contribution < -0.4 is 9.47 Å². The van der Waals surface area contributed by atoms with Gasteiger partial charge in [0.15, 0.2) is 11.5 Å². The second-order valence-corrected chi connectivity index (χ2v) is 5.75. The first-order valence-electron chi connectivity index (χ1n) is 6.83. The Morgan fingerprint density at radius 2 is 2.10 bits per heavy atom. The average molecular weight is 311 g/mol. The minimum absolute atomic E-state index is 0.0283. The van der Waals surface area contributed by atoms with E-state index in [2.05, 4.69) is 0 Å². The molecule has 21 heavy (non-hydrogen) atoms. The van der Waals surface area contributed by atoms with Crippen molar-refractivity contribution >= 4 is 17.7 Å². The first-order chi connectivity index (χ1) is 10.2. The van der Waals surface area contributed by atoms with Crippen molar-refractivity contribution in [3.05, 3.63) is 23.8 Å². The minimum atomic E-state index is -0.0283. The largest absolute Gasteiger partial charge is 0.493 e. The van der Waals surface area contributed by atoms with Crippen LogP contribution >= 0.6 is 11.8 Å². The highest BCUT2D eigenvalue weighted by atomic mass is 32.2. The van der Waals surface area contributed by atoms with Crippen LogP contribution in [0.25, 0.3) is 0 Å². The van der Waals surface area contributed by atoms with Gasteiger partial charge in [-0.25, -0.2) is 0 Å². The third-order valence-corrected chi connectivity index (χ3v) is 4.65. The van der Waals surface area contributed by atoms with Crippen molar-refractivity contribution in [2.75, 3.05) is 40.2 Å². The van der Waals surface area contributed by atoms with Crippen LogP contribution in [0.3, 0.4) is 0 Å². The Kier molecular flexibility index (Phi) is 5.76. The molecule has 1 aliphatic heterocycles. The quantitative estimate of drug-likeness (QED) is 0.723. The highest BCUT2D eigenvalue weighted by Crippen LogP contribution is 2.45. The number of hydrogen-bond donors (Lipinski definition) is 0. The SMILES string of the molecule is COCCCN1C(=O)CSC1c1cccc(OC)c1OC. The first-order valence-corrected chi connectivity index (χ1v) is 7.88. The van der Waals surface area contributed by atoms with Crippen LogP contribution in [0.2, 0.25) is 0 Å².